The summed E-state index contributed by atoms with van der Waals surface area (Å²) in [5.74, 6) is -1.63. The van der Waals surface area contributed by atoms with Gasteiger partial charge in [0.2, 0.25) is 5.91 Å². The van der Waals surface area contributed by atoms with Gasteiger partial charge in [0.05, 0.1) is 11.8 Å². The Labute approximate surface area is 178 Å². The normalized spacial score (nSPS) is 20.5. The molecule has 1 heterocycles. The number of amides is 2. The predicted molar refractivity (Wildman–Crippen MR) is 113 cm³/mol. The molecule has 0 saturated heterocycles. The summed E-state index contributed by atoms with van der Waals surface area (Å²) in [7, 11) is 0. The number of nitrogens with one attached hydrogen (secondary N) is 1. The number of para-hydroxylation sites is 1. The highest BCUT2D eigenvalue weighted by Crippen LogP contribution is 2.36. The van der Waals surface area contributed by atoms with Crippen LogP contribution in [0.2, 0.25) is 0 Å². The molecule has 7 nitrogen and oxygen atoms in total. The van der Waals surface area contributed by atoms with Crippen LogP contribution < -0.4 is 10.2 Å². The van der Waals surface area contributed by atoms with Gasteiger partial charge in [0, 0.05) is 32.0 Å². The van der Waals surface area contributed by atoms with E-state index in [0.717, 1.165) is 24.9 Å². The molecular weight excluding hydrogens is 384 g/mol. The van der Waals surface area contributed by atoms with Gasteiger partial charge in [0.1, 0.15) is 0 Å². The van der Waals surface area contributed by atoms with Crippen molar-refractivity contribution in [3.05, 3.63) is 29.8 Å². The topological polar surface area (TPSA) is 84.9 Å². The molecule has 1 aromatic carbocycles. The number of hydrogen-bond donors (Lipinski definition) is 1. The zero-order valence-electron chi connectivity index (χ0n) is 17.7. The van der Waals surface area contributed by atoms with Crippen molar-refractivity contribution < 1.29 is 23.9 Å². The molecule has 3 rings (SSSR count). The zero-order valence-corrected chi connectivity index (χ0v) is 17.7. The van der Waals surface area contributed by atoms with Crippen molar-refractivity contribution in [1.29, 1.82) is 0 Å². The minimum atomic E-state index is -0.482. The zero-order chi connectivity index (χ0) is 21.3. The molecule has 1 N–H and O–H groups in total. The van der Waals surface area contributed by atoms with E-state index in [2.05, 4.69) is 5.32 Å². The SMILES string of the molecule is CCOCCCNC(=O)COC(=O)C1CCCCC1C(=O)N1CCc2ccccc21. The van der Waals surface area contributed by atoms with E-state index in [1.165, 1.54) is 5.56 Å². The van der Waals surface area contributed by atoms with Crippen LogP contribution >= 0.6 is 0 Å². The maximum Gasteiger partial charge on any atom is 0.310 e. The van der Waals surface area contributed by atoms with E-state index >= 15 is 0 Å². The highest BCUT2D eigenvalue weighted by Gasteiger charge is 2.40. The van der Waals surface area contributed by atoms with Gasteiger partial charge < -0.3 is 19.7 Å². The molecule has 1 saturated carbocycles. The van der Waals surface area contributed by atoms with Gasteiger partial charge in [0.15, 0.2) is 6.61 Å². The summed E-state index contributed by atoms with van der Waals surface area (Å²) in [5.41, 5.74) is 2.12. The predicted octanol–water partition coefficient (Wildman–Crippen LogP) is 2.47. The summed E-state index contributed by atoms with van der Waals surface area (Å²) >= 11 is 0. The van der Waals surface area contributed by atoms with Crippen molar-refractivity contribution in [3.8, 4) is 0 Å². The summed E-state index contributed by atoms with van der Waals surface area (Å²) in [6.07, 6.45) is 4.68. The van der Waals surface area contributed by atoms with E-state index in [9.17, 15) is 14.4 Å². The molecule has 2 aliphatic rings. The number of carbonyl (C=O) groups excluding carboxylic acids is 3. The lowest BCUT2D eigenvalue weighted by Crippen LogP contribution is -2.43. The van der Waals surface area contributed by atoms with Gasteiger partial charge in [-0.05, 0) is 44.2 Å². The van der Waals surface area contributed by atoms with Gasteiger partial charge >= 0.3 is 5.97 Å². The van der Waals surface area contributed by atoms with Gasteiger partial charge in [-0.25, -0.2) is 0 Å². The van der Waals surface area contributed by atoms with Crippen molar-refractivity contribution in [1.82, 2.24) is 5.32 Å². The Morgan fingerprint density at radius 1 is 1.13 bits per heavy atom. The molecule has 2 unspecified atom stereocenters. The number of anilines is 1. The molecule has 1 aliphatic heterocycles. The Kier molecular flexibility index (Phi) is 8.25. The molecule has 0 spiro atoms. The molecular formula is C23H32N2O5. The first kappa shape index (κ1) is 22.3. The number of rotatable bonds is 9. The lowest BCUT2D eigenvalue weighted by atomic mass is 9.78. The average Bonchev–Trinajstić information content (AvgIpc) is 3.21. The second-order valence-electron chi connectivity index (χ2n) is 7.87. The third-order valence-corrected chi connectivity index (χ3v) is 5.88. The van der Waals surface area contributed by atoms with Crippen LogP contribution in [0.3, 0.4) is 0 Å². The van der Waals surface area contributed by atoms with E-state index in [-0.39, 0.29) is 24.3 Å². The van der Waals surface area contributed by atoms with Crippen molar-refractivity contribution in [2.24, 2.45) is 11.8 Å². The summed E-state index contributed by atoms with van der Waals surface area (Å²) in [5, 5.41) is 2.72. The highest BCUT2D eigenvalue weighted by molar-refractivity contribution is 5.99. The smallest absolute Gasteiger partial charge is 0.310 e. The molecule has 2 atom stereocenters. The molecule has 30 heavy (non-hydrogen) atoms. The first-order valence-electron chi connectivity index (χ1n) is 11.0. The number of esters is 1. The van der Waals surface area contributed by atoms with Crippen molar-refractivity contribution in [3.63, 3.8) is 0 Å². The minimum absolute atomic E-state index is 0.00183. The maximum absolute atomic E-state index is 13.3. The van der Waals surface area contributed by atoms with Crippen LogP contribution in [0, 0.1) is 11.8 Å². The summed E-state index contributed by atoms with van der Waals surface area (Å²) in [6.45, 7) is 3.98. The van der Waals surface area contributed by atoms with Crippen LogP contribution in [-0.2, 0) is 30.3 Å². The van der Waals surface area contributed by atoms with Crippen LogP contribution in [0.1, 0.15) is 44.6 Å². The van der Waals surface area contributed by atoms with E-state index in [1.807, 2.05) is 36.1 Å². The number of fused-ring (bicyclic) bond motifs is 1. The van der Waals surface area contributed by atoms with Gasteiger partial charge in [0.25, 0.3) is 5.91 Å². The Morgan fingerprint density at radius 2 is 1.90 bits per heavy atom. The molecule has 2 amide bonds. The van der Waals surface area contributed by atoms with Crippen molar-refractivity contribution in [2.75, 3.05) is 37.8 Å². The lowest BCUT2D eigenvalue weighted by Gasteiger charge is -2.32. The van der Waals surface area contributed by atoms with E-state index < -0.39 is 11.9 Å². The first-order valence-corrected chi connectivity index (χ1v) is 11.0. The summed E-state index contributed by atoms with van der Waals surface area (Å²) in [6, 6.07) is 7.92. The lowest BCUT2D eigenvalue weighted by molar-refractivity contribution is -0.157. The van der Waals surface area contributed by atoms with Gasteiger partial charge in [-0.15, -0.1) is 0 Å². The first-order chi connectivity index (χ1) is 14.6. The fourth-order valence-electron chi connectivity index (χ4n) is 4.32. The van der Waals surface area contributed by atoms with Crippen molar-refractivity contribution in [2.45, 2.75) is 45.4 Å². The van der Waals surface area contributed by atoms with E-state index in [1.54, 1.807) is 0 Å². The van der Waals surface area contributed by atoms with E-state index in [0.29, 0.717) is 45.6 Å². The van der Waals surface area contributed by atoms with Crippen molar-refractivity contribution >= 4 is 23.5 Å². The standard InChI is InChI=1S/C23H32N2O5/c1-2-29-15-7-13-24-21(26)16-30-23(28)19-10-5-4-9-18(19)22(27)25-14-12-17-8-3-6-11-20(17)25/h3,6,8,11,18-19H,2,4-5,7,9-10,12-16H2,1H3,(H,24,26). The van der Waals surface area contributed by atoms with Crippen LogP contribution in [-0.4, -0.2) is 50.7 Å². The fourth-order valence-corrected chi connectivity index (χ4v) is 4.32. The fraction of sp³-hybridized carbons (Fsp3) is 0.609. The molecule has 7 heteroatoms. The number of benzene rings is 1. The summed E-state index contributed by atoms with van der Waals surface area (Å²) < 4.78 is 10.5. The summed E-state index contributed by atoms with van der Waals surface area (Å²) in [4.78, 5) is 39.7. The Morgan fingerprint density at radius 3 is 2.70 bits per heavy atom. The quantitative estimate of drug-likeness (QED) is 0.494. The molecule has 1 aliphatic carbocycles. The number of nitrogens with zero attached hydrogens (tertiary/aromatic N) is 1. The second kappa shape index (κ2) is 11.1. The Balaban J connectivity index is 1.52. The molecule has 0 bridgehead atoms. The third kappa shape index (κ3) is 5.59. The molecule has 1 fully saturated rings. The van der Waals surface area contributed by atoms with Crippen LogP contribution in [0.4, 0.5) is 5.69 Å². The molecule has 0 radical (unpaired) electrons. The van der Waals surface area contributed by atoms with Crippen LogP contribution in [0.5, 0.6) is 0 Å². The molecule has 164 valence electrons. The largest absolute Gasteiger partial charge is 0.455 e. The highest BCUT2D eigenvalue weighted by atomic mass is 16.5. The average molecular weight is 417 g/mol. The van der Waals surface area contributed by atoms with Crippen LogP contribution in [0.25, 0.3) is 0 Å². The molecule has 0 aromatic heterocycles. The van der Waals surface area contributed by atoms with Crippen LogP contribution in [0.15, 0.2) is 24.3 Å². The van der Waals surface area contributed by atoms with Gasteiger partial charge in [-0.3, -0.25) is 14.4 Å². The molecule has 1 aromatic rings. The van der Waals surface area contributed by atoms with Gasteiger partial charge in [-0.2, -0.15) is 0 Å². The Bertz CT molecular complexity index is 751. The van der Waals surface area contributed by atoms with E-state index in [4.69, 9.17) is 9.47 Å². The maximum atomic E-state index is 13.3. The second-order valence-corrected chi connectivity index (χ2v) is 7.87. The monoisotopic (exact) mass is 416 g/mol. The minimum Gasteiger partial charge on any atom is -0.455 e. The number of hydrogen-bond acceptors (Lipinski definition) is 5. The number of ether oxygens (including phenoxy) is 2. The Hall–Kier alpha value is -2.41. The van der Waals surface area contributed by atoms with Gasteiger partial charge in [-0.1, -0.05) is 31.0 Å². The third-order valence-electron chi connectivity index (χ3n) is 5.88. The number of carbonyl (C=O) groups is 3.